The first-order valence-corrected chi connectivity index (χ1v) is 6.78. The Bertz CT molecular complexity index is 371. The first kappa shape index (κ1) is 16.6. The number of nitrogens with one attached hydrogen (secondary N) is 1. The summed E-state index contributed by atoms with van der Waals surface area (Å²) in [4.78, 5) is 13.7. The summed E-state index contributed by atoms with van der Waals surface area (Å²) >= 11 is 0. The quantitative estimate of drug-likeness (QED) is 0.647. The average molecular weight is 280 g/mol. The first-order valence-electron chi connectivity index (χ1n) is 6.78. The maximum atomic E-state index is 11.7. The lowest BCUT2D eigenvalue weighted by molar-refractivity contribution is -0.122. The van der Waals surface area contributed by atoms with Crippen LogP contribution < -0.4 is 5.32 Å². The van der Waals surface area contributed by atoms with Crippen molar-refractivity contribution in [2.24, 2.45) is 0 Å². The number of carbonyl (C=O) groups is 1. The van der Waals surface area contributed by atoms with E-state index < -0.39 is 0 Å². The number of hydrogen-bond acceptors (Lipinski definition) is 4. The molecule has 0 heterocycles. The van der Waals surface area contributed by atoms with Gasteiger partial charge < -0.3 is 14.8 Å². The van der Waals surface area contributed by atoms with Crippen molar-refractivity contribution < 1.29 is 14.3 Å². The highest BCUT2D eigenvalue weighted by Gasteiger charge is 2.06. The van der Waals surface area contributed by atoms with E-state index in [0.29, 0.717) is 32.9 Å². The lowest BCUT2D eigenvalue weighted by atomic mass is 10.2. The van der Waals surface area contributed by atoms with Gasteiger partial charge in [-0.1, -0.05) is 30.3 Å². The second-order valence-electron chi connectivity index (χ2n) is 4.61. The molecule has 0 radical (unpaired) electrons. The van der Waals surface area contributed by atoms with Crippen molar-refractivity contribution in [3.8, 4) is 0 Å². The fraction of sp³-hybridized carbons (Fsp3) is 0.533. The van der Waals surface area contributed by atoms with Gasteiger partial charge in [0.1, 0.15) is 0 Å². The Morgan fingerprint density at radius 2 is 1.95 bits per heavy atom. The molecule has 0 saturated carbocycles. The molecule has 5 nitrogen and oxygen atoms in total. The third kappa shape index (κ3) is 7.89. The highest BCUT2D eigenvalue weighted by molar-refractivity contribution is 5.77. The molecule has 0 unspecified atom stereocenters. The largest absolute Gasteiger partial charge is 0.382 e. The zero-order chi connectivity index (χ0) is 14.6. The number of benzene rings is 1. The van der Waals surface area contributed by atoms with E-state index in [1.165, 1.54) is 5.56 Å². The molecule has 1 rings (SSSR count). The SMILES string of the molecule is COCCOCCNC(=O)CN(C)Cc1ccccc1. The summed E-state index contributed by atoms with van der Waals surface area (Å²) in [6, 6.07) is 10.1. The predicted octanol–water partition coefficient (Wildman–Crippen LogP) is 0.898. The molecule has 1 aromatic rings. The van der Waals surface area contributed by atoms with Gasteiger partial charge in [0.2, 0.25) is 5.91 Å². The molecular weight excluding hydrogens is 256 g/mol. The Kier molecular flexibility index (Phi) is 8.62. The fourth-order valence-electron chi connectivity index (χ4n) is 1.76. The summed E-state index contributed by atoms with van der Waals surface area (Å²) in [5.74, 6) is 0.0128. The normalized spacial score (nSPS) is 10.8. The van der Waals surface area contributed by atoms with Crippen LogP contribution in [0.2, 0.25) is 0 Å². The van der Waals surface area contributed by atoms with Crippen LogP contribution in [0.4, 0.5) is 0 Å². The highest BCUT2D eigenvalue weighted by atomic mass is 16.5. The molecule has 20 heavy (non-hydrogen) atoms. The van der Waals surface area contributed by atoms with Crippen LogP contribution >= 0.6 is 0 Å². The van der Waals surface area contributed by atoms with Gasteiger partial charge in [-0.25, -0.2) is 0 Å². The predicted molar refractivity (Wildman–Crippen MR) is 78.5 cm³/mol. The molecule has 0 aromatic heterocycles. The number of nitrogens with zero attached hydrogens (tertiary/aromatic N) is 1. The summed E-state index contributed by atoms with van der Waals surface area (Å²) in [6.45, 7) is 3.32. The zero-order valence-electron chi connectivity index (χ0n) is 12.3. The average Bonchev–Trinajstić information content (AvgIpc) is 2.43. The fourth-order valence-corrected chi connectivity index (χ4v) is 1.76. The Morgan fingerprint density at radius 1 is 1.20 bits per heavy atom. The van der Waals surface area contributed by atoms with E-state index in [1.54, 1.807) is 7.11 Å². The summed E-state index contributed by atoms with van der Waals surface area (Å²) in [7, 11) is 3.56. The molecule has 112 valence electrons. The number of rotatable bonds is 10. The molecule has 0 spiro atoms. The van der Waals surface area contributed by atoms with Crippen LogP contribution in [0, 0.1) is 0 Å². The van der Waals surface area contributed by atoms with E-state index in [9.17, 15) is 4.79 Å². The van der Waals surface area contributed by atoms with Gasteiger partial charge in [0.05, 0.1) is 26.4 Å². The summed E-state index contributed by atoms with van der Waals surface area (Å²) in [5.41, 5.74) is 1.20. The van der Waals surface area contributed by atoms with Crippen LogP contribution in [-0.2, 0) is 20.8 Å². The van der Waals surface area contributed by atoms with Crippen LogP contribution in [0.15, 0.2) is 30.3 Å². The van der Waals surface area contributed by atoms with Crippen LogP contribution in [0.25, 0.3) is 0 Å². The number of ether oxygens (including phenoxy) is 2. The number of amides is 1. The van der Waals surface area contributed by atoms with Gasteiger partial charge in [0.15, 0.2) is 0 Å². The summed E-state index contributed by atoms with van der Waals surface area (Å²) in [5, 5.41) is 2.83. The van der Waals surface area contributed by atoms with Gasteiger partial charge in [-0.3, -0.25) is 9.69 Å². The maximum Gasteiger partial charge on any atom is 0.234 e. The van der Waals surface area contributed by atoms with Crippen molar-refractivity contribution >= 4 is 5.91 Å². The highest BCUT2D eigenvalue weighted by Crippen LogP contribution is 2.01. The van der Waals surface area contributed by atoms with Crippen molar-refractivity contribution in [3.63, 3.8) is 0 Å². The molecule has 0 bridgehead atoms. The minimum atomic E-state index is 0.0128. The van der Waals surface area contributed by atoms with Gasteiger partial charge >= 0.3 is 0 Å². The van der Waals surface area contributed by atoms with Gasteiger partial charge in [-0.05, 0) is 12.6 Å². The molecule has 0 aliphatic heterocycles. The number of methoxy groups -OCH3 is 1. The molecule has 0 atom stereocenters. The zero-order valence-corrected chi connectivity index (χ0v) is 12.3. The number of hydrogen-bond donors (Lipinski definition) is 1. The molecule has 5 heteroatoms. The van der Waals surface area contributed by atoms with E-state index in [-0.39, 0.29) is 5.91 Å². The van der Waals surface area contributed by atoms with Crippen molar-refractivity contribution in [3.05, 3.63) is 35.9 Å². The van der Waals surface area contributed by atoms with Crippen LogP contribution in [0.3, 0.4) is 0 Å². The minimum absolute atomic E-state index is 0.0128. The van der Waals surface area contributed by atoms with Gasteiger partial charge in [0, 0.05) is 20.2 Å². The standard InChI is InChI=1S/C15H24N2O3/c1-17(12-14-6-4-3-5-7-14)13-15(18)16-8-9-20-11-10-19-2/h3-7H,8-13H2,1-2H3,(H,16,18). The lowest BCUT2D eigenvalue weighted by Crippen LogP contribution is -2.36. The number of carbonyl (C=O) groups excluding carboxylic acids is 1. The van der Waals surface area contributed by atoms with E-state index in [2.05, 4.69) is 17.4 Å². The van der Waals surface area contributed by atoms with Crippen LogP contribution in [-0.4, -0.2) is 57.9 Å². The van der Waals surface area contributed by atoms with Crippen molar-refractivity contribution in [2.75, 3.05) is 47.1 Å². The second kappa shape index (κ2) is 10.4. The Morgan fingerprint density at radius 3 is 2.65 bits per heavy atom. The molecule has 0 aliphatic carbocycles. The van der Waals surface area contributed by atoms with E-state index in [0.717, 1.165) is 6.54 Å². The Balaban J connectivity index is 2.09. The molecule has 0 saturated heterocycles. The van der Waals surface area contributed by atoms with Gasteiger partial charge in [0.25, 0.3) is 0 Å². The minimum Gasteiger partial charge on any atom is -0.382 e. The van der Waals surface area contributed by atoms with Crippen LogP contribution in [0.5, 0.6) is 0 Å². The Hall–Kier alpha value is -1.43. The van der Waals surface area contributed by atoms with E-state index in [4.69, 9.17) is 9.47 Å². The third-order valence-corrected chi connectivity index (χ3v) is 2.71. The summed E-state index contributed by atoms with van der Waals surface area (Å²) < 4.78 is 10.1. The van der Waals surface area contributed by atoms with Gasteiger partial charge in [-0.2, -0.15) is 0 Å². The molecular formula is C15H24N2O3. The molecule has 1 amide bonds. The molecule has 1 N–H and O–H groups in total. The van der Waals surface area contributed by atoms with E-state index in [1.807, 2.05) is 30.1 Å². The smallest absolute Gasteiger partial charge is 0.234 e. The third-order valence-electron chi connectivity index (χ3n) is 2.71. The number of likely N-dealkylation sites (N-methyl/N-ethyl adjacent to an activating group) is 1. The monoisotopic (exact) mass is 280 g/mol. The maximum absolute atomic E-state index is 11.7. The first-order chi connectivity index (χ1) is 9.72. The summed E-state index contributed by atoms with van der Waals surface area (Å²) in [6.07, 6.45) is 0. The topological polar surface area (TPSA) is 50.8 Å². The van der Waals surface area contributed by atoms with Crippen molar-refractivity contribution in [2.45, 2.75) is 6.54 Å². The lowest BCUT2D eigenvalue weighted by Gasteiger charge is -2.16. The molecule has 0 aliphatic rings. The Labute approximate surface area is 120 Å². The van der Waals surface area contributed by atoms with Crippen LogP contribution in [0.1, 0.15) is 5.56 Å². The second-order valence-corrected chi connectivity index (χ2v) is 4.61. The molecule has 0 fully saturated rings. The van der Waals surface area contributed by atoms with Crippen molar-refractivity contribution in [1.82, 2.24) is 10.2 Å². The van der Waals surface area contributed by atoms with Gasteiger partial charge in [-0.15, -0.1) is 0 Å². The van der Waals surface area contributed by atoms with E-state index >= 15 is 0 Å². The molecule has 1 aromatic carbocycles. The van der Waals surface area contributed by atoms with Crippen molar-refractivity contribution in [1.29, 1.82) is 0 Å².